The number of nitrogens with one attached hydrogen (secondary N) is 1. The number of carboxylic acid groups (broad SMARTS) is 1. The highest BCUT2D eigenvalue weighted by Crippen LogP contribution is 2.34. The van der Waals surface area contributed by atoms with Crippen molar-refractivity contribution in [1.29, 1.82) is 0 Å². The molecule has 1 amide bonds. The zero-order valence-corrected chi connectivity index (χ0v) is 12.1. The Kier molecular flexibility index (Phi) is 6.11. The molecule has 0 aliphatic rings. The first kappa shape index (κ1) is 17.2. The molecule has 2 N–H and O–H groups in total. The Morgan fingerprint density at radius 1 is 1.36 bits per heavy atom. The zero-order valence-electron chi connectivity index (χ0n) is 12.1. The molecule has 1 rings (SSSR count). The van der Waals surface area contributed by atoms with E-state index in [2.05, 4.69) is 5.32 Å². The number of methoxy groups -OCH3 is 1. The molecule has 9 heteroatoms. The molecular formula is C13H16N2O7. The lowest BCUT2D eigenvalue weighted by Crippen LogP contribution is -2.26. The summed E-state index contributed by atoms with van der Waals surface area (Å²) in [7, 11) is 1.33. The standard InChI is InChI=1S/C13H16N2O7/c1-3-22-11-6-8(13(18)14-5-4-12(16)17)9(15(19)20)7-10(11)21-2/h6-7H,3-5H2,1-2H3,(H,14,18)(H,16,17). The van der Waals surface area contributed by atoms with Crippen LogP contribution in [0.4, 0.5) is 5.69 Å². The van der Waals surface area contributed by atoms with E-state index in [-0.39, 0.29) is 36.6 Å². The molecule has 0 saturated carbocycles. The fourth-order valence-electron chi connectivity index (χ4n) is 1.69. The predicted molar refractivity (Wildman–Crippen MR) is 75.4 cm³/mol. The first-order chi connectivity index (χ1) is 10.4. The van der Waals surface area contributed by atoms with Gasteiger partial charge >= 0.3 is 5.97 Å². The summed E-state index contributed by atoms with van der Waals surface area (Å²) in [5.74, 6) is -1.51. The Balaban J connectivity index is 3.13. The maximum atomic E-state index is 12.0. The van der Waals surface area contributed by atoms with E-state index in [4.69, 9.17) is 14.6 Å². The molecule has 0 heterocycles. The molecule has 0 fully saturated rings. The Bertz CT molecular complexity index is 586. The highest BCUT2D eigenvalue weighted by atomic mass is 16.6. The van der Waals surface area contributed by atoms with Gasteiger partial charge in [-0.1, -0.05) is 0 Å². The van der Waals surface area contributed by atoms with Crippen molar-refractivity contribution in [3.63, 3.8) is 0 Å². The monoisotopic (exact) mass is 312 g/mol. The van der Waals surface area contributed by atoms with E-state index in [1.165, 1.54) is 13.2 Å². The first-order valence-corrected chi connectivity index (χ1v) is 6.39. The van der Waals surface area contributed by atoms with Gasteiger partial charge in [-0.15, -0.1) is 0 Å². The van der Waals surface area contributed by atoms with Crippen molar-refractivity contribution < 1.29 is 29.1 Å². The molecule has 1 aromatic carbocycles. The van der Waals surface area contributed by atoms with Crippen LogP contribution in [0.2, 0.25) is 0 Å². The van der Waals surface area contributed by atoms with Gasteiger partial charge in [0.15, 0.2) is 11.5 Å². The minimum absolute atomic E-state index is 0.135. The topological polar surface area (TPSA) is 128 Å². The number of hydrogen-bond acceptors (Lipinski definition) is 6. The van der Waals surface area contributed by atoms with E-state index in [1.807, 2.05) is 0 Å². The van der Waals surface area contributed by atoms with Crippen LogP contribution in [0.3, 0.4) is 0 Å². The van der Waals surface area contributed by atoms with Crippen molar-refractivity contribution in [2.45, 2.75) is 13.3 Å². The molecule has 0 unspecified atom stereocenters. The lowest BCUT2D eigenvalue weighted by molar-refractivity contribution is -0.385. The minimum Gasteiger partial charge on any atom is -0.493 e. The molecule has 0 radical (unpaired) electrons. The third kappa shape index (κ3) is 4.33. The van der Waals surface area contributed by atoms with Crippen LogP contribution >= 0.6 is 0 Å². The van der Waals surface area contributed by atoms with E-state index in [0.29, 0.717) is 0 Å². The molecule has 0 saturated heterocycles. The maximum Gasteiger partial charge on any atom is 0.305 e. The van der Waals surface area contributed by atoms with Gasteiger partial charge in [-0.2, -0.15) is 0 Å². The van der Waals surface area contributed by atoms with Gasteiger partial charge in [0.2, 0.25) is 0 Å². The van der Waals surface area contributed by atoms with E-state index in [9.17, 15) is 19.7 Å². The Morgan fingerprint density at radius 2 is 2.05 bits per heavy atom. The summed E-state index contributed by atoms with van der Waals surface area (Å²) in [5.41, 5.74) is -0.673. The van der Waals surface area contributed by atoms with Gasteiger partial charge in [0.05, 0.1) is 31.1 Å². The van der Waals surface area contributed by atoms with Gasteiger partial charge in [0, 0.05) is 12.6 Å². The Hall–Kier alpha value is -2.84. The third-order valence-electron chi connectivity index (χ3n) is 2.65. The highest BCUT2D eigenvalue weighted by Gasteiger charge is 2.24. The smallest absolute Gasteiger partial charge is 0.305 e. The van der Waals surface area contributed by atoms with Crippen molar-refractivity contribution in [2.75, 3.05) is 20.3 Å². The molecule has 22 heavy (non-hydrogen) atoms. The number of benzene rings is 1. The number of nitro benzene ring substituents is 1. The van der Waals surface area contributed by atoms with Crippen LogP contribution in [0.1, 0.15) is 23.7 Å². The fraction of sp³-hybridized carbons (Fsp3) is 0.385. The highest BCUT2D eigenvalue weighted by molar-refractivity contribution is 5.99. The summed E-state index contributed by atoms with van der Waals surface area (Å²) in [6.07, 6.45) is -0.284. The van der Waals surface area contributed by atoms with Gasteiger partial charge in [-0.3, -0.25) is 19.7 Å². The SMILES string of the molecule is CCOc1cc(C(=O)NCCC(=O)O)c([N+](=O)[O-])cc1OC. The van der Waals surface area contributed by atoms with Crippen molar-refractivity contribution in [3.8, 4) is 11.5 Å². The first-order valence-electron chi connectivity index (χ1n) is 6.39. The quantitative estimate of drug-likeness (QED) is 0.545. The summed E-state index contributed by atoms with van der Waals surface area (Å²) in [6.45, 7) is 1.86. The zero-order chi connectivity index (χ0) is 16.7. The average molecular weight is 312 g/mol. The Morgan fingerprint density at radius 3 is 2.55 bits per heavy atom. The summed E-state index contributed by atoms with van der Waals surface area (Å²) < 4.78 is 10.3. The van der Waals surface area contributed by atoms with Crippen LogP contribution in [-0.2, 0) is 4.79 Å². The number of amides is 1. The average Bonchev–Trinajstić information content (AvgIpc) is 2.46. The van der Waals surface area contributed by atoms with Gasteiger partial charge in [0.1, 0.15) is 5.56 Å². The second-order valence-corrected chi connectivity index (χ2v) is 4.11. The number of rotatable bonds is 8. The molecule has 120 valence electrons. The van der Waals surface area contributed by atoms with E-state index >= 15 is 0 Å². The summed E-state index contributed by atoms with van der Waals surface area (Å²) in [4.78, 5) is 32.8. The van der Waals surface area contributed by atoms with Gasteiger partial charge in [-0.25, -0.2) is 0 Å². The van der Waals surface area contributed by atoms with E-state index in [1.54, 1.807) is 6.92 Å². The number of ether oxygens (including phenoxy) is 2. The van der Waals surface area contributed by atoms with Crippen LogP contribution in [-0.4, -0.2) is 42.2 Å². The van der Waals surface area contributed by atoms with Gasteiger partial charge in [-0.05, 0) is 6.92 Å². The fourth-order valence-corrected chi connectivity index (χ4v) is 1.69. The van der Waals surface area contributed by atoms with E-state index < -0.39 is 22.5 Å². The molecule has 0 aliphatic heterocycles. The van der Waals surface area contributed by atoms with Crippen molar-refractivity contribution in [3.05, 3.63) is 27.8 Å². The Labute approximate surface area is 126 Å². The number of hydrogen-bond donors (Lipinski definition) is 2. The molecule has 0 atom stereocenters. The maximum absolute atomic E-state index is 12.0. The van der Waals surface area contributed by atoms with Gasteiger partial charge in [0.25, 0.3) is 11.6 Å². The minimum atomic E-state index is -1.08. The summed E-state index contributed by atoms with van der Waals surface area (Å²) >= 11 is 0. The van der Waals surface area contributed by atoms with Crippen LogP contribution < -0.4 is 14.8 Å². The molecule has 1 aromatic rings. The lowest BCUT2D eigenvalue weighted by Gasteiger charge is -2.11. The van der Waals surface area contributed by atoms with Crippen LogP contribution in [0.25, 0.3) is 0 Å². The van der Waals surface area contributed by atoms with Crippen molar-refractivity contribution in [2.24, 2.45) is 0 Å². The number of aliphatic carboxylic acids is 1. The van der Waals surface area contributed by atoms with Crippen molar-refractivity contribution >= 4 is 17.6 Å². The van der Waals surface area contributed by atoms with Gasteiger partial charge < -0.3 is 19.9 Å². The largest absolute Gasteiger partial charge is 0.493 e. The lowest BCUT2D eigenvalue weighted by atomic mass is 10.1. The number of carbonyl (C=O) groups excluding carboxylic acids is 1. The molecule has 0 aliphatic carbocycles. The van der Waals surface area contributed by atoms with Crippen LogP contribution in [0, 0.1) is 10.1 Å². The van der Waals surface area contributed by atoms with Crippen LogP contribution in [0.15, 0.2) is 12.1 Å². The number of carbonyl (C=O) groups is 2. The third-order valence-corrected chi connectivity index (χ3v) is 2.65. The number of nitro groups is 1. The summed E-state index contributed by atoms with van der Waals surface area (Å²) in [6, 6.07) is 2.30. The molecule has 0 aromatic heterocycles. The number of nitrogens with zero attached hydrogens (tertiary/aromatic N) is 1. The molecule has 0 spiro atoms. The van der Waals surface area contributed by atoms with Crippen molar-refractivity contribution in [1.82, 2.24) is 5.32 Å². The predicted octanol–water partition coefficient (Wildman–Crippen LogP) is 1.21. The second-order valence-electron chi connectivity index (χ2n) is 4.11. The second kappa shape index (κ2) is 7.81. The number of carboxylic acids is 1. The molecular weight excluding hydrogens is 296 g/mol. The van der Waals surface area contributed by atoms with E-state index in [0.717, 1.165) is 6.07 Å². The normalized spacial score (nSPS) is 9.91. The molecule has 9 nitrogen and oxygen atoms in total. The molecule has 0 bridgehead atoms. The van der Waals surface area contributed by atoms with Crippen LogP contribution in [0.5, 0.6) is 11.5 Å². The summed E-state index contributed by atoms with van der Waals surface area (Å²) in [5, 5.41) is 21.9.